The molecule has 0 saturated heterocycles. The van der Waals surface area contributed by atoms with E-state index in [4.69, 9.17) is 33.7 Å². The highest BCUT2D eigenvalue weighted by molar-refractivity contribution is 6.42. The van der Waals surface area contributed by atoms with E-state index in [1.165, 1.54) is 12.1 Å². The molecule has 1 aromatic carbocycles. The quantitative estimate of drug-likeness (QED) is 0.741. The van der Waals surface area contributed by atoms with E-state index in [9.17, 15) is 9.59 Å². The minimum Gasteiger partial charge on any atom is -0.444 e. The Morgan fingerprint density at radius 2 is 1.81 bits per heavy atom. The lowest BCUT2D eigenvalue weighted by Crippen LogP contribution is -2.37. The monoisotopic (exact) mass is 333 g/mol. The van der Waals surface area contributed by atoms with Crippen LogP contribution in [-0.4, -0.2) is 24.1 Å². The highest BCUT2D eigenvalue weighted by Gasteiger charge is 2.17. The van der Waals surface area contributed by atoms with Crippen molar-refractivity contribution in [2.24, 2.45) is 0 Å². The number of nitrogens with one attached hydrogen (secondary N) is 2. The summed E-state index contributed by atoms with van der Waals surface area (Å²) in [6, 6.07) is 2.87. The van der Waals surface area contributed by atoms with Gasteiger partial charge in [0, 0.05) is 0 Å². The second-order valence-corrected chi connectivity index (χ2v) is 6.07. The number of anilines is 2. The summed E-state index contributed by atoms with van der Waals surface area (Å²) in [5, 5.41) is 5.41. The van der Waals surface area contributed by atoms with Gasteiger partial charge in [0.05, 0.1) is 21.4 Å². The summed E-state index contributed by atoms with van der Waals surface area (Å²) < 4.78 is 5.00. The summed E-state index contributed by atoms with van der Waals surface area (Å²) in [4.78, 5) is 23.1. The van der Waals surface area contributed by atoms with E-state index in [1.54, 1.807) is 20.8 Å². The first kappa shape index (κ1) is 17.4. The molecule has 0 aromatic heterocycles. The van der Waals surface area contributed by atoms with Crippen molar-refractivity contribution < 1.29 is 14.3 Å². The molecule has 0 atom stereocenters. The van der Waals surface area contributed by atoms with Crippen LogP contribution in [0.3, 0.4) is 0 Å². The van der Waals surface area contributed by atoms with Gasteiger partial charge in [-0.05, 0) is 32.9 Å². The number of halogens is 2. The molecule has 8 heteroatoms. The second kappa shape index (κ2) is 6.87. The van der Waals surface area contributed by atoms with Crippen molar-refractivity contribution in [2.45, 2.75) is 26.4 Å². The number of nitrogen functional groups attached to an aromatic ring is 1. The Morgan fingerprint density at radius 1 is 1.24 bits per heavy atom. The van der Waals surface area contributed by atoms with Crippen molar-refractivity contribution in [1.82, 2.24) is 5.32 Å². The Labute approximate surface area is 132 Å². The van der Waals surface area contributed by atoms with Crippen LogP contribution in [0.15, 0.2) is 12.1 Å². The van der Waals surface area contributed by atoms with Gasteiger partial charge in [-0.3, -0.25) is 4.79 Å². The predicted molar refractivity (Wildman–Crippen MR) is 83.7 cm³/mol. The third-order valence-electron chi connectivity index (χ3n) is 2.16. The van der Waals surface area contributed by atoms with E-state index in [-0.39, 0.29) is 17.3 Å². The number of amides is 2. The van der Waals surface area contributed by atoms with Crippen LogP contribution >= 0.6 is 23.2 Å². The SMILES string of the molecule is CC(C)(C)OC(=O)NCC(=O)Nc1cc(Cl)c(Cl)cc1N. The number of benzene rings is 1. The Hall–Kier alpha value is -1.66. The van der Waals surface area contributed by atoms with Gasteiger partial charge in [0.15, 0.2) is 0 Å². The van der Waals surface area contributed by atoms with Gasteiger partial charge in [-0.25, -0.2) is 4.79 Å². The minimum absolute atomic E-state index is 0.255. The molecular formula is C13H17Cl2N3O3. The molecular weight excluding hydrogens is 317 g/mol. The Morgan fingerprint density at radius 3 is 2.38 bits per heavy atom. The first-order chi connectivity index (χ1) is 9.58. The largest absolute Gasteiger partial charge is 0.444 e. The summed E-state index contributed by atoms with van der Waals surface area (Å²) in [6.07, 6.45) is -0.681. The van der Waals surface area contributed by atoms with Crippen LogP contribution in [0.2, 0.25) is 10.0 Å². The average molecular weight is 334 g/mol. The van der Waals surface area contributed by atoms with E-state index in [1.807, 2.05) is 0 Å². The fourth-order valence-electron chi connectivity index (χ4n) is 1.33. The van der Waals surface area contributed by atoms with Crippen LogP contribution in [-0.2, 0) is 9.53 Å². The van der Waals surface area contributed by atoms with Crippen molar-refractivity contribution in [3.05, 3.63) is 22.2 Å². The summed E-state index contributed by atoms with van der Waals surface area (Å²) in [6.45, 7) is 4.92. The molecule has 0 aliphatic rings. The van der Waals surface area contributed by atoms with Gasteiger partial charge in [0.25, 0.3) is 0 Å². The average Bonchev–Trinajstić information content (AvgIpc) is 2.31. The number of carbonyl (C=O) groups excluding carboxylic acids is 2. The zero-order valence-corrected chi connectivity index (χ0v) is 13.4. The van der Waals surface area contributed by atoms with E-state index in [0.29, 0.717) is 10.7 Å². The molecule has 0 saturated carbocycles. The molecule has 1 aromatic rings. The summed E-state index contributed by atoms with van der Waals surface area (Å²) in [7, 11) is 0. The third-order valence-corrected chi connectivity index (χ3v) is 2.88. The lowest BCUT2D eigenvalue weighted by atomic mass is 10.2. The Bertz CT molecular complexity index is 556. The standard InChI is InChI=1S/C13H17Cl2N3O3/c1-13(2,3)21-12(20)17-6-11(19)18-10-5-8(15)7(14)4-9(10)16/h4-5H,6,16H2,1-3H3,(H,17,20)(H,18,19). The molecule has 2 amide bonds. The fourth-order valence-corrected chi connectivity index (χ4v) is 1.67. The molecule has 0 unspecified atom stereocenters. The van der Waals surface area contributed by atoms with Crippen LogP contribution in [0.5, 0.6) is 0 Å². The van der Waals surface area contributed by atoms with Gasteiger partial charge < -0.3 is 21.1 Å². The molecule has 116 valence electrons. The van der Waals surface area contributed by atoms with Gasteiger partial charge in [-0.1, -0.05) is 23.2 Å². The molecule has 0 radical (unpaired) electrons. The van der Waals surface area contributed by atoms with E-state index in [2.05, 4.69) is 10.6 Å². The number of nitrogens with two attached hydrogens (primary N) is 1. The second-order valence-electron chi connectivity index (χ2n) is 5.26. The number of alkyl carbamates (subject to hydrolysis) is 1. The Balaban J connectivity index is 2.55. The molecule has 0 heterocycles. The van der Waals surface area contributed by atoms with Crippen LogP contribution in [0.25, 0.3) is 0 Å². The maximum absolute atomic E-state index is 11.7. The number of ether oxygens (including phenoxy) is 1. The zero-order chi connectivity index (χ0) is 16.2. The first-order valence-corrected chi connectivity index (χ1v) is 6.85. The van der Waals surface area contributed by atoms with Gasteiger partial charge >= 0.3 is 6.09 Å². The highest BCUT2D eigenvalue weighted by atomic mass is 35.5. The van der Waals surface area contributed by atoms with Crippen LogP contribution in [0.4, 0.5) is 16.2 Å². The normalized spacial score (nSPS) is 10.9. The summed E-state index contributed by atoms with van der Waals surface area (Å²) in [5.41, 5.74) is 5.67. The van der Waals surface area contributed by atoms with E-state index < -0.39 is 17.6 Å². The van der Waals surface area contributed by atoms with Crippen molar-refractivity contribution in [3.8, 4) is 0 Å². The maximum atomic E-state index is 11.7. The van der Waals surface area contributed by atoms with Gasteiger partial charge in [-0.15, -0.1) is 0 Å². The molecule has 0 bridgehead atoms. The Kier molecular flexibility index (Phi) is 5.69. The van der Waals surface area contributed by atoms with E-state index >= 15 is 0 Å². The highest BCUT2D eigenvalue weighted by Crippen LogP contribution is 2.30. The lowest BCUT2D eigenvalue weighted by Gasteiger charge is -2.19. The van der Waals surface area contributed by atoms with Crippen molar-refractivity contribution in [1.29, 1.82) is 0 Å². The number of carbonyl (C=O) groups is 2. The minimum atomic E-state index is -0.681. The zero-order valence-electron chi connectivity index (χ0n) is 11.9. The van der Waals surface area contributed by atoms with Crippen molar-refractivity contribution >= 4 is 46.6 Å². The number of hydrogen-bond acceptors (Lipinski definition) is 4. The lowest BCUT2D eigenvalue weighted by molar-refractivity contribution is -0.115. The third kappa shape index (κ3) is 6.10. The van der Waals surface area contributed by atoms with Crippen LogP contribution in [0.1, 0.15) is 20.8 Å². The molecule has 4 N–H and O–H groups in total. The van der Waals surface area contributed by atoms with Gasteiger partial charge in [0.1, 0.15) is 12.1 Å². The molecule has 0 aliphatic heterocycles. The molecule has 21 heavy (non-hydrogen) atoms. The molecule has 0 spiro atoms. The molecule has 0 fully saturated rings. The number of rotatable bonds is 3. The maximum Gasteiger partial charge on any atom is 0.408 e. The fraction of sp³-hybridized carbons (Fsp3) is 0.385. The number of hydrogen-bond donors (Lipinski definition) is 3. The first-order valence-electron chi connectivity index (χ1n) is 6.09. The van der Waals surface area contributed by atoms with Gasteiger partial charge in [-0.2, -0.15) is 0 Å². The molecule has 0 aliphatic carbocycles. The van der Waals surface area contributed by atoms with Gasteiger partial charge in [0.2, 0.25) is 5.91 Å². The molecule has 6 nitrogen and oxygen atoms in total. The van der Waals surface area contributed by atoms with E-state index in [0.717, 1.165) is 0 Å². The predicted octanol–water partition coefficient (Wildman–Crippen LogP) is 3.04. The van der Waals surface area contributed by atoms with Crippen molar-refractivity contribution in [3.63, 3.8) is 0 Å². The van der Waals surface area contributed by atoms with Crippen molar-refractivity contribution in [2.75, 3.05) is 17.6 Å². The van der Waals surface area contributed by atoms with Crippen LogP contribution < -0.4 is 16.4 Å². The topological polar surface area (TPSA) is 93.4 Å². The smallest absolute Gasteiger partial charge is 0.408 e. The summed E-state index contributed by atoms with van der Waals surface area (Å²) in [5.74, 6) is -0.467. The summed E-state index contributed by atoms with van der Waals surface area (Å²) >= 11 is 11.6. The van der Waals surface area contributed by atoms with Crippen LogP contribution in [0, 0.1) is 0 Å². The molecule has 1 rings (SSSR count).